The maximum atomic E-state index is 11.5. The summed E-state index contributed by atoms with van der Waals surface area (Å²) >= 11 is 0. The van der Waals surface area contributed by atoms with Gasteiger partial charge in [0.25, 0.3) is 0 Å². The molecule has 0 aliphatic carbocycles. The predicted octanol–water partition coefficient (Wildman–Crippen LogP) is 1.39. The van der Waals surface area contributed by atoms with E-state index in [1.165, 1.54) is 11.8 Å². The van der Waals surface area contributed by atoms with Gasteiger partial charge in [-0.3, -0.25) is 9.67 Å². The molecule has 0 spiro atoms. The van der Waals surface area contributed by atoms with Crippen LogP contribution < -0.4 is 10.6 Å². The third-order valence-electron chi connectivity index (χ3n) is 3.90. The first-order chi connectivity index (χ1) is 12.4. The minimum Gasteiger partial charge on any atom is -0.356 e. The van der Waals surface area contributed by atoms with E-state index >= 15 is 0 Å². The summed E-state index contributed by atoms with van der Waals surface area (Å²) in [5.74, 6) is 0.759. The van der Waals surface area contributed by atoms with E-state index in [4.69, 9.17) is 0 Å². The number of hydrogen-bond donors (Lipinski definition) is 2. The second-order valence-electron chi connectivity index (χ2n) is 6.23. The number of nitrogens with one attached hydrogen (secondary N) is 2. The highest BCUT2D eigenvalue weighted by Crippen LogP contribution is 2.10. The average molecular weight is 378 g/mol. The smallest absolute Gasteiger partial charge is 0.190 e. The largest absolute Gasteiger partial charge is 0.356 e. The molecule has 0 saturated carbocycles. The number of sulfone groups is 1. The zero-order chi connectivity index (χ0) is 19.0. The van der Waals surface area contributed by atoms with E-state index in [1.807, 2.05) is 36.1 Å². The van der Waals surface area contributed by atoms with Gasteiger partial charge in [0, 0.05) is 39.1 Å². The third-order valence-corrected chi connectivity index (χ3v) is 5.03. The Hall–Kier alpha value is -2.35. The van der Waals surface area contributed by atoms with Crippen molar-refractivity contribution in [2.24, 2.45) is 4.99 Å². The first kappa shape index (κ1) is 20.0. The summed E-state index contributed by atoms with van der Waals surface area (Å²) < 4.78 is 24.9. The minimum absolute atomic E-state index is 0.346. The molecule has 0 radical (unpaired) electrons. The molecule has 0 atom stereocenters. The number of hydrogen-bond acceptors (Lipinski definition) is 4. The molecule has 7 nitrogen and oxygen atoms in total. The summed E-state index contributed by atoms with van der Waals surface area (Å²) in [7, 11) is -1.40. The Labute approximate surface area is 155 Å². The van der Waals surface area contributed by atoms with Crippen molar-refractivity contribution in [3.63, 3.8) is 0 Å². The Bertz CT molecular complexity index is 826. The van der Waals surface area contributed by atoms with Crippen molar-refractivity contribution >= 4 is 15.8 Å². The van der Waals surface area contributed by atoms with E-state index in [-0.39, 0.29) is 0 Å². The number of aromatic nitrogens is 2. The first-order valence-corrected chi connectivity index (χ1v) is 10.5. The van der Waals surface area contributed by atoms with Gasteiger partial charge in [0.2, 0.25) is 0 Å². The fourth-order valence-electron chi connectivity index (χ4n) is 2.49. The van der Waals surface area contributed by atoms with Gasteiger partial charge in [-0.25, -0.2) is 8.42 Å². The maximum absolute atomic E-state index is 11.5. The van der Waals surface area contributed by atoms with Crippen LogP contribution >= 0.6 is 0 Å². The molecule has 0 unspecified atom stereocenters. The van der Waals surface area contributed by atoms with Crippen LogP contribution in [-0.4, -0.2) is 50.6 Å². The molecule has 142 valence electrons. The lowest BCUT2D eigenvalue weighted by atomic mass is 10.1. The Kier molecular flexibility index (Phi) is 7.20. The van der Waals surface area contributed by atoms with Crippen LogP contribution in [0.5, 0.6) is 0 Å². The molecule has 2 rings (SSSR count). The second-order valence-corrected chi connectivity index (χ2v) is 8.24. The van der Waals surface area contributed by atoms with Crippen LogP contribution in [0.25, 0.3) is 0 Å². The topological polar surface area (TPSA) is 88.4 Å². The molecule has 0 bridgehead atoms. The van der Waals surface area contributed by atoms with Crippen molar-refractivity contribution in [3.8, 4) is 0 Å². The Balaban J connectivity index is 1.68. The van der Waals surface area contributed by atoms with Crippen LogP contribution in [0.15, 0.2) is 46.5 Å². The van der Waals surface area contributed by atoms with Crippen LogP contribution in [0.1, 0.15) is 17.5 Å². The maximum Gasteiger partial charge on any atom is 0.190 e. The number of rotatable bonds is 8. The van der Waals surface area contributed by atoms with Crippen LogP contribution in [0.4, 0.5) is 0 Å². The average Bonchev–Trinajstić information content (AvgIpc) is 3.02. The van der Waals surface area contributed by atoms with Crippen molar-refractivity contribution < 1.29 is 8.42 Å². The van der Waals surface area contributed by atoms with E-state index in [0.717, 1.165) is 44.0 Å². The van der Waals surface area contributed by atoms with E-state index in [9.17, 15) is 8.42 Å². The van der Waals surface area contributed by atoms with Crippen LogP contribution in [0.2, 0.25) is 0 Å². The predicted molar refractivity (Wildman–Crippen MR) is 104 cm³/mol. The Morgan fingerprint density at radius 3 is 2.46 bits per heavy atom. The molecule has 1 aromatic heterocycles. The monoisotopic (exact) mass is 377 g/mol. The van der Waals surface area contributed by atoms with Gasteiger partial charge >= 0.3 is 0 Å². The highest BCUT2D eigenvalue weighted by Gasteiger charge is 2.06. The van der Waals surface area contributed by atoms with Crippen molar-refractivity contribution in [2.75, 3.05) is 26.4 Å². The number of benzene rings is 1. The normalized spacial score (nSPS) is 12.2. The summed E-state index contributed by atoms with van der Waals surface area (Å²) in [4.78, 5) is 4.55. The standard InChI is InChI=1S/C18H27N5O2S/c1-15-13-22-23(14-15)12-4-10-20-18(19-2)21-11-9-16-5-7-17(8-6-16)26(3,24)25/h5-8,13-14H,4,9-12H2,1-3H3,(H2,19,20,21). The molecule has 1 aromatic carbocycles. The molecule has 0 aliphatic heterocycles. The van der Waals surface area contributed by atoms with Gasteiger partial charge in [-0.15, -0.1) is 0 Å². The van der Waals surface area contributed by atoms with Gasteiger partial charge in [0.15, 0.2) is 15.8 Å². The Morgan fingerprint density at radius 2 is 1.88 bits per heavy atom. The molecular weight excluding hydrogens is 350 g/mol. The van der Waals surface area contributed by atoms with Gasteiger partial charge in [-0.1, -0.05) is 12.1 Å². The molecule has 26 heavy (non-hydrogen) atoms. The molecule has 0 fully saturated rings. The highest BCUT2D eigenvalue weighted by molar-refractivity contribution is 7.90. The lowest BCUT2D eigenvalue weighted by molar-refractivity contribution is 0.570. The zero-order valence-corrected chi connectivity index (χ0v) is 16.4. The molecule has 2 aromatic rings. The van der Waals surface area contributed by atoms with Gasteiger partial charge < -0.3 is 10.6 Å². The molecular formula is C18H27N5O2S. The quantitative estimate of drug-likeness (QED) is 0.412. The van der Waals surface area contributed by atoms with E-state index in [0.29, 0.717) is 4.90 Å². The Morgan fingerprint density at radius 1 is 1.19 bits per heavy atom. The summed E-state index contributed by atoms with van der Waals surface area (Å²) in [6, 6.07) is 6.99. The van der Waals surface area contributed by atoms with E-state index in [2.05, 4.69) is 20.7 Å². The lowest BCUT2D eigenvalue weighted by Crippen LogP contribution is -2.39. The summed E-state index contributed by atoms with van der Waals surface area (Å²) in [6.45, 7) is 4.42. The van der Waals surface area contributed by atoms with Crippen LogP contribution in [0.3, 0.4) is 0 Å². The van der Waals surface area contributed by atoms with Gasteiger partial charge in [-0.05, 0) is 43.0 Å². The molecule has 1 heterocycles. The summed E-state index contributed by atoms with van der Waals surface area (Å²) in [6.07, 6.45) is 6.84. The van der Waals surface area contributed by atoms with Crippen molar-refractivity contribution in [1.82, 2.24) is 20.4 Å². The van der Waals surface area contributed by atoms with Crippen LogP contribution in [-0.2, 0) is 22.8 Å². The molecule has 8 heteroatoms. The number of guanidine groups is 1. The van der Waals surface area contributed by atoms with Crippen LogP contribution in [0, 0.1) is 6.92 Å². The number of nitrogens with zero attached hydrogens (tertiary/aromatic N) is 3. The van der Waals surface area contributed by atoms with Crippen molar-refractivity contribution in [2.45, 2.75) is 31.2 Å². The van der Waals surface area contributed by atoms with E-state index in [1.54, 1.807) is 19.2 Å². The fourth-order valence-corrected chi connectivity index (χ4v) is 3.12. The SMILES string of the molecule is CN=C(NCCCn1cc(C)cn1)NCCc1ccc(S(C)(=O)=O)cc1. The third kappa shape index (κ3) is 6.51. The molecule has 2 N–H and O–H groups in total. The highest BCUT2D eigenvalue weighted by atomic mass is 32.2. The van der Waals surface area contributed by atoms with E-state index < -0.39 is 9.84 Å². The van der Waals surface area contributed by atoms with Gasteiger partial charge in [-0.2, -0.15) is 5.10 Å². The second kappa shape index (κ2) is 9.38. The van der Waals surface area contributed by atoms with Gasteiger partial charge in [0.1, 0.15) is 0 Å². The zero-order valence-electron chi connectivity index (χ0n) is 15.6. The first-order valence-electron chi connectivity index (χ1n) is 8.61. The summed E-state index contributed by atoms with van der Waals surface area (Å²) in [5, 5.41) is 10.8. The molecule has 0 amide bonds. The van der Waals surface area contributed by atoms with Gasteiger partial charge in [0.05, 0.1) is 11.1 Å². The van der Waals surface area contributed by atoms with Crippen molar-refractivity contribution in [3.05, 3.63) is 47.8 Å². The minimum atomic E-state index is -3.14. The fraction of sp³-hybridized carbons (Fsp3) is 0.444. The lowest BCUT2D eigenvalue weighted by Gasteiger charge is -2.12. The van der Waals surface area contributed by atoms with Crippen molar-refractivity contribution in [1.29, 1.82) is 0 Å². The summed E-state index contributed by atoms with van der Waals surface area (Å²) in [5.41, 5.74) is 2.24. The molecule has 0 saturated heterocycles. The molecule has 0 aliphatic rings. The number of aryl methyl sites for hydroxylation is 2. The number of aliphatic imine (C=N–C) groups is 1.